The van der Waals surface area contributed by atoms with Gasteiger partial charge in [-0.2, -0.15) is 0 Å². The number of fused-ring (bicyclic) bond motifs is 1. The van der Waals surface area contributed by atoms with Gasteiger partial charge in [0.05, 0.1) is 13.7 Å². The van der Waals surface area contributed by atoms with E-state index in [1.165, 1.54) is 10.8 Å². The fourth-order valence-electron chi connectivity index (χ4n) is 2.62. The first-order valence-electron chi connectivity index (χ1n) is 8.35. The lowest BCUT2D eigenvalue weighted by Crippen LogP contribution is -2.04. The Labute approximate surface area is 143 Å². The first kappa shape index (κ1) is 16.2. The molecule has 3 heteroatoms. The number of nitrogens with one attached hydrogen (secondary N) is 1. The van der Waals surface area contributed by atoms with E-state index in [1.807, 2.05) is 30.3 Å². The summed E-state index contributed by atoms with van der Waals surface area (Å²) in [6.45, 7) is 1.68. The van der Waals surface area contributed by atoms with Gasteiger partial charge in [0, 0.05) is 12.2 Å². The van der Waals surface area contributed by atoms with Gasteiger partial charge < -0.3 is 14.8 Å². The Balaban J connectivity index is 1.37. The topological polar surface area (TPSA) is 30.5 Å². The van der Waals surface area contributed by atoms with Gasteiger partial charge in [0.25, 0.3) is 0 Å². The third kappa shape index (κ3) is 4.42. The van der Waals surface area contributed by atoms with Crippen molar-refractivity contribution in [3.05, 3.63) is 66.7 Å². The summed E-state index contributed by atoms with van der Waals surface area (Å²) in [4.78, 5) is 0. The number of ether oxygens (including phenoxy) is 2. The number of hydrogen-bond donors (Lipinski definition) is 1. The van der Waals surface area contributed by atoms with Crippen molar-refractivity contribution in [1.29, 1.82) is 0 Å². The fraction of sp³-hybridized carbons (Fsp3) is 0.238. The van der Waals surface area contributed by atoms with Crippen LogP contribution in [0.1, 0.15) is 12.8 Å². The molecule has 3 aromatic rings. The van der Waals surface area contributed by atoms with Crippen LogP contribution in [0, 0.1) is 0 Å². The average molecular weight is 321 g/mol. The first-order chi connectivity index (χ1) is 11.8. The Hall–Kier alpha value is -2.68. The van der Waals surface area contributed by atoms with Crippen LogP contribution >= 0.6 is 0 Å². The molecule has 0 fully saturated rings. The van der Waals surface area contributed by atoms with E-state index in [-0.39, 0.29) is 0 Å². The van der Waals surface area contributed by atoms with Crippen molar-refractivity contribution in [2.24, 2.45) is 0 Å². The summed E-state index contributed by atoms with van der Waals surface area (Å²) >= 11 is 0. The molecule has 1 N–H and O–H groups in total. The maximum Gasteiger partial charge on any atom is 0.119 e. The van der Waals surface area contributed by atoms with Crippen LogP contribution in [0.3, 0.4) is 0 Å². The minimum absolute atomic E-state index is 0.739. The minimum Gasteiger partial charge on any atom is -0.497 e. The van der Waals surface area contributed by atoms with Crippen LogP contribution in [0.4, 0.5) is 5.69 Å². The highest BCUT2D eigenvalue weighted by Crippen LogP contribution is 2.20. The largest absolute Gasteiger partial charge is 0.497 e. The normalized spacial score (nSPS) is 10.5. The van der Waals surface area contributed by atoms with Crippen molar-refractivity contribution in [3.63, 3.8) is 0 Å². The molecule has 0 aromatic heterocycles. The molecular formula is C21H23NO2. The van der Waals surface area contributed by atoms with E-state index < -0.39 is 0 Å². The maximum atomic E-state index is 5.85. The molecule has 0 unspecified atom stereocenters. The summed E-state index contributed by atoms with van der Waals surface area (Å²) in [5.74, 6) is 1.82. The predicted molar refractivity (Wildman–Crippen MR) is 100 cm³/mol. The van der Waals surface area contributed by atoms with E-state index in [0.29, 0.717) is 0 Å². The van der Waals surface area contributed by atoms with Gasteiger partial charge in [-0.05, 0) is 60.0 Å². The van der Waals surface area contributed by atoms with E-state index in [2.05, 4.69) is 41.7 Å². The zero-order valence-corrected chi connectivity index (χ0v) is 14.0. The van der Waals surface area contributed by atoms with Crippen molar-refractivity contribution in [1.82, 2.24) is 0 Å². The van der Waals surface area contributed by atoms with Crippen LogP contribution in [0.25, 0.3) is 10.8 Å². The molecule has 0 saturated heterocycles. The SMILES string of the molecule is COc1ccc(NCCCCOc2ccc3ccccc3c2)cc1. The average Bonchev–Trinajstić information content (AvgIpc) is 2.65. The molecule has 0 aliphatic carbocycles. The molecule has 0 saturated carbocycles. The molecule has 0 spiro atoms. The molecule has 0 amide bonds. The molecule has 0 aliphatic heterocycles. The van der Waals surface area contributed by atoms with Gasteiger partial charge in [0.2, 0.25) is 0 Å². The second-order valence-corrected chi connectivity index (χ2v) is 5.72. The molecule has 0 radical (unpaired) electrons. The highest BCUT2D eigenvalue weighted by atomic mass is 16.5. The number of benzene rings is 3. The standard InChI is InChI=1S/C21H23NO2/c1-23-20-12-9-19(10-13-20)22-14-4-5-15-24-21-11-8-17-6-2-3-7-18(17)16-21/h2-3,6-13,16,22H,4-5,14-15H2,1H3. The van der Waals surface area contributed by atoms with E-state index in [0.717, 1.165) is 43.2 Å². The molecule has 3 rings (SSSR count). The monoisotopic (exact) mass is 321 g/mol. The lowest BCUT2D eigenvalue weighted by molar-refractivity contribution is 0.309. The molecule has 0 aliphatic rings. The Kier molecular flexibility index (Phi) is 5.56. The highest BCUT2D eigenvalue weighted by molar-refractivity contribution is 5.83. The zero-order chi connectivity index (χ0) is 16.6. The molecule has 124 valence electrons. The van der Waals surface area contributed by atoms with Crippen molar-refractivity contribution < 1.29 is 9.47 Å². The van der Waals surface area contributed by atoms with Crippen LogP contribution < -0.4 is 14.8 Å². The lowest BCUT2D eigenvalue weighted by atomic mass is 10.1. The van der Waals surface area contributed by atoms with Crippen LogP contribution in [0.5, 0.6) is 11.5 Å². The lowest BCUT2D eigenvalue weighted by Gasteiger charge is -2.09. The molecule has 3 aromatic carbocycles. The molecule has 0 atom stereocenters. The Morgan fingerprint density at radius 2 is 1.54 bits per heavy atom. The summed E-state index contributed by atoms with van der Waals surface area (Å²) in [6, 6.07) is 22.6. The van der Waals surface area contributed by atoms with Crippen molar-refractivity contribution >= 4 is 16.5 Å². The van der Waals surface area contributed by atoms with Gasteiger partial charge in [0.15, 0.2) is 0 Å². The van der Waals surface area contributed by atoms with Crippen molar-refractivity contribution in [2.75, 3.05) is 25.6 Å². The minimum atomic E-state index is 0.739. The number of unbranched alkanes of at least 4 members (excludes halogenated alkanes) is 1. The first-order valence-corrected chi connectivity index (χ1v) is 8.35. The third-order valence-corrected chi connectivity index (χ3v) is 3.98. The predicted octanol–water partition coefficient (Wildman–Crippen LogP) is 5.12. The summed E-state index contributed by atoms with van der Waals surface area (Å²) in [6.07, 6.45) is 2.09. The van der Waals surface area contributed by atoms with Gasteiger partial charge >= 0.3 is 0 Å². The van der Waals surface area contributed by atoms with Crippen LogP contribution in [0.15, 0.2) is 66.7 Å². The number of anilines is 1. The van der Waals surface area contributed by atoms with Crippen molar-refractivity contribution in [3.8, 4) is 11.5 Å². The Morgan fingerprint density at radius 3 is 2.33 bits per heavy atom. The van der Waals surface area contributed by atoms with Gasteiger partial charge in [-0.15, -0.1) is 0 Å². The van der Waals surface area contributed by atoms with Gasteiger partial charge in [-0.1, -0.05) is 30.3 Å². The second kappa shape index (κ2) is 8.25. The van der Waals surface area contributed by atoms with Crippen molar-refractivity contribution in [2.45, 2.75) is 12.8 Å². The summed E-state index contributed by atoms with van der Waals surface area (Å²) < 4.78 is 11.0. The van der Waals surface area contributed by atoms with Crippen LogP contribution in [0.2, 0.25) is 0 Å². The third-order valence-electron chi connectivity index (χ3n) is 3.98. The fourth-order valence-corrected chi connectivity index (χ4v) is 2.62. The maximum absolute atomic E-state index is 5.85. The smallest absolute Gasteiger partial charge is 0.119 e. The van der Waals surface area contributed by atoms with Gasteiger partial charge in [-0.25, -0.2) is 0 Å². The summed E-state index contributed by atoms with van der Waals surface area (Å²) in [7, 11) is 1.68. The van der Waals surface area contributed by atoms with Gasteiger partial charge in [-0.3, -0.25) is 0 Å². The van der Waals surface area contributed by atoms with Gasteiger partial charge in [0.1, 0.15) is 11.5 Å². The highest BCUT2D eigenvalue weighted by Gasteiger charge is 1.98. The molecule has 0 heterocycles. The Morgan fingerprint density at radius 1 is 0.792 bits per heavy atom. The zero-order valence-electron chi connectivity index (χ0n) is 14.0. The molecule has 24 heavy (non-hydrogen) atoms. The quantitative estimate of drug-likeness (QED) is 0.584. The number of methoxy groups -OCH3 is 1. The summed E-state index contributed by atoms with van der Waals surface area (Å²) in [5, 5.41) is 5.87. The number of hydrogen-bond acceptors (Lipinski definition) is 3. The van der Waals surface area contributed by atoms with E-state index in [4.69, 9.17) is 9.47 Å². The van der Waals surface area contributed by atoms with E-state index in [9.17, 15) is 0 Å². The van der Waals surface area contributed by atoms with E-state index in [1.54, 1.807) is 7.11 Å². The Bertz CT molecular complexity index is 768. The van der Waals surface area contributed by atoms with E-state index >= 15 is 0 Å². The number of rotatable bonds is 8. The molecular weight excluding hydrogens is 298 g/mol. The second-order valence-electron chi connectivity index (χ2n) is 5.72. The van der Waals surface area contributed by atoms with Crippen LogP contribution in [-0.4, -0.2) is 20.3 Å². The molecule has 0 bridgehead atoms. The summed E-state index contributed by atoms with van der Waals surface area (Å²) in [5.41, 5.74) is 1.12. The molecule has 3 nitrogen and oxygen atoms in total. The van der Waals surface area contributed by atoms with Crippen LogP contribution in [-0.2, 0) is 0 Å².